The molecule has 2 N–H and O–H groups in total. The van der Waals surface area contributed by atoms with E-state index in [-0.39, 0.29) is 18.1 Å². The Labute approximate surface area is 220 Å². The van der Waals surface area contributed by atoms with E-state index in [1.807, 2.05) is 13.8 Å². The van der Waals surface area contributed by atoms with Gasteiger partial charge in [-0.3, -0.25) is 4.79 Å². The average molecular weight is 500 g/mol. The summed E-state index contributed by atoms with van der Waals surface area (Å²) in [7, 11) is 0. The van der Waals surface area contributed by atoms with E-state index in [9.17, 15) is 9.90 Å². The highest BCUT2D eigenvalue weighted by Gasteiger charge is 2.59. The number of hydrogen-bond donors (Lipinski definition) is 2. The smallest absolute Gasteiger partial charge is 0.323 e. The van der Waals surface area contributed by atoms with Crippen LogP contribution in [0.1, 0.15) is 118 Å². The number of allylic oxidation sites excluding steroid dienone is 1. The molecule has 1 heterocycles. The molecule has 36 heavy (non-hydrogen) atoms. The third-order valence-electron chi connectivity index (χ3n) is 11.9. The van der Waals surface area contributed by atoms with Crippen molar-refractivity contribution in [1.29, 1.82) is 0 Å². The molecule has 9 atom stereocenters. The molecule has 0 amide bonds. The molecular weight excluding hydrogens is 446 g/mol. The van der Waals surface area contributed by atoms with E-state index in [0.717, 1.165) is 74.7 Å². The molecule has 1 saturated heterocycles. The van der Waals surface area contributed by atoms with Crippen molar-refractivity contribution in [1.82, 2.24) is 5.32 Å². The van der Waals surface area contributed by atoms with Gasteiger partial charge in [0.15, 0.2) is 0 Å². The topological polar surface area (TPSA) is 58.6 Å². The van der Waals surface area contributed by atoms with Crippen molar-refractivity contribution in [3.05, 3.63) is 11.6 Å². The zero-order valence-electron chi connectivity index (χ0n) is 23.8. The van der Waals surface area contributed by atoms with Gasteiger partial charge in [0.05, 0.1) is 5.60 Å². The number of hydrogen-bond acceptors (Lipinski definition) is 4. The summed E-state index contributed by atoms with van der Waals surface area (Å²) < 4.78 is 6.03. The minimum absolute atomic E-state index is 0.0162. The SMILES string of the molecule is C[C@H](CCCC(C)(C)O)[C@H]1CC[C@H]2[C@@H]3CC=C4C[C@@H](OC(=O)[C@@H]5CCCN5)CC[C@]4(C)[C@H]3CC[C@]12C. The van der Waals surface area contributed by atoms with Crippen LogP contribution in [-0.4, -0.2) is 35.4 Å². The van der Waals surface area contributed by atoms with Crippen LogP contribution in [-0.2, 0) is 9.53 Å². The highest BCUT2D eigenvalue weighted by atomic mass is 16.5. The summed E-state index contributed by atoms with van der Waals surface area (Å²) in [5, 5.41) is 13.5. The van der Waals surface area contributed by atoms with Crippen LogP contribution in [0.4, 0.5) is 0 Å². The molecule has 5 rings (SSSR count). The highest BCUT2D eigenvalue weighted by molar-refractivity contribution is 5.76. The standard InChI is InChI=1S/C32H53NO3/c1-21(8-6-16-30(2,3)35)25-12-13-26-24-11-10-22-20-23(36-29(34)28-9-7-19-33-28)14-17-31(22,4)27(24)15-18-32(25,26)5/h10,21,23-28,33,35H,6-9,11-20H2,1-5H3/t21-,23+,24+,25-,26+,27+,28+,31+,32-/m1/s1. The molecule has 4 heteroatoms. The fourth-order valence-electron chi connectivity index (χ4n) is 9.89. The van der Waals surface area contributed by atoms with Crippen molar-refractivity contribution < 1.29 is 14.6 Å². The van der Waals surface area contributed by atoms with Crippen molar-refractivity contribution in [2.75, 3.05) is 6.54 Å². The maximum absolute atomic E-state index is 12.6. The lowest BCUT2D eigenvalue weighted by molar-refractivity contribution is -0.153. The molecule has 3 saturated carbocycles. The van der Waals surface area contributed by atoms with Crippen LogP contribution < -0.4 is 5.32 Å². The molecule has 204 valence electrons. The van der Waals surface area contributed by atoms with Crippen molar-refractivity contribution in [2.24, 2.45) is 40.4 Å². The minimum atomic E-state index is -0.536. The number of esters is 1. The second-order valence-corrected chi connectivity index (χ2v) is 14.6. The first kappa shape index (κ1) is 26.7. The molecule has 0 bridgehead atoms. The Morgan fingerprint density at radius 3 is 2.69 bits per heavy atom. The molecule has 0 radical (unpaired) electrons. The first-order valence-corrected chi connectivity index (χ1v) is 15.4. The zero-order valence-corrected chi connectivity index (χ0v) is 23.8. The van der Waals surface area contributed by atoms with Crippen molar-refractivity contribution in [3.8, 4) is 0 Å². The van der Waals surface area contributed by atoms with E-state index in [1.165, 1.54) is 44.9 Å². The maximum atomic E-state index is 12.6. The minimum Gasteiger partial charge on any atom is -0.461 e. The zero-order chi connectivity index (χ0) is 25.7. The van der Waals surface area contributed by atoms with E-state index in [2.05, 4.69) is 32.2 Å². The Balaban J connectivity index is 1.23. The van der Waals surface area contributed by atoms with Crippen molar-refractivity contribution >= 4 is 5.97 Å². The molecule has 1 aliphatic heterocycles. The van der Waals surface area contributed by atoms with E-state index < -0.39 is 5.60 Å². The normalized spacial score (nSPS) is 43.2. The van der Waals surface area contributed by atoms with Gasteiger partial charge in [0.2, 0.25) is 0 Å². The second kappa shape index (κ2) is 10.0. The molecule has 4 fully saturated rings. The molecule has 0 aromatic rings. The van der Waals surface area contributed by atoms with Gasteiger partial charge in [-0.15, -0.1) is 0 Å². The Bertz CT molecular complexity index is 839. The first-order valence-electron chi connectivity index (χ1n) is 15.4. The van der Waals surface area contributed by atoms with Crippen LogP contribution in [0.15, 0.2) is 11.6 Å². The summed E-state index contributed by atoms with van der Waals surface area (Å²) in [5.74, 6) is 4.06. The number of carbonyl (C=O) groups excluding carboxylic acids is 1. The van der Waals surface area contributed by atoms with Crippen LogP contribution >= 0.6 is 0 Å². The Hall–Kier alpha value is -0.870. The van der Waals surface area contributed by atoms with E-state index in [0.29, 0.717) is 10.8 Å². The van der Waals surface area contributed by atoms with Crippen LogP contribution in [0.2, 0.25) is 0 Å². The van der Waals surface area contributed by atoms with Gasteiger partial charge >= 0.3 is 5.97 Å². The summed E-state index contributed by atoms with van der Waals surface area (Å²) in [6.07, 6.45) is 17.9. The van der Waals surface area contributed by atoms with E-state index >= 15 is 0 Å². The first-order chi connectivity index (χ1) is 17.0. The van der Waals surface area contributed by atoms with Crippen molar-refractivity contribution in [2.45, 2.75) is 136 Å². The summed E-state index contributed by atoms with van der Waals surface area (Å²) in [4.78, 5) is 12.6. The van der Waals surface area contributed by atoms with Gasteiger partial charge in [0.25, 0.3) is 0 Å². The third-order valence-corrected chi connectivity index (χ3v) is 11.9. The average Bonchev–Trinajstić information content (AvgIpc) is 3.46. The predicted octanol–water partition coefficient (Wildman–Crippen LogP) is 6.81. The third kappa shape index (κ3) is 4.95. The van der Waals surface area contributed by atoms with Crippen LogP contribution in [0.25, 0.3) is 0 Å². The van der Waals surface area contributed by atoms with E-state index in [1.54, 1.807) is 5.57 Å². The lowest BCUT2D eigenvalue weighted by Crippen LogP contribution is -2.51. The lowest BCUT2D eigenvalue weighted by Gasteiger charge is -2.58. The summed E-state index contributed by atoms with van der Waals surface area (Å²) >= 11 is 0. The predicted molar refractivity (Wildman–Crippen MR) is 145 cm³/mol. The monoisotopic (exact) mass is 499 g/mol. The molecule has 0 unspecified atom stereocenters. The molecule has 0 spiro atoms. The number of nitrogens with one attached hydrogen (secondary N) is 1. The summed E-state index contributed by atoms with van der Waals surface area (Å²) in [5.41, 5.74) is 1.85. The molecular formula is C32H53NO3. The van der Waals surface area contributed by atoms with Gasteiger partial charge < -0.3 is 15.2 Å². The molecule has 5 aliphatic rings. The van der Waals surface area contributed by atoms with Gasteiger partial charge in [-0.2, -0.15) is 0 Å². The van der Waals surface area contributed by atoms with E-state index in [4.69, 9.17) is 4.74 Å². The number of fused-ring (bicyclic) bond motifs is 5. The van der Waals surface area contributed by atoms with Gasteiger partial charge in [0.1, 0.15) is 12.1 Å². The number of ether oxygens (including phenoxy) is 1. The van der Waals surface area contributed by atoms with Crippen LogP contribution in [0.3, 0.4) is 0 Å². The van der Waals surface area contributed by atoms with Crippen molar-refractivity contribution in [3.63, 3.8) is 0 Å². The van der Waals surface area contributed by atoms with Crippen LogP contribution in [0.5, 0.6) is 0 Å². The number of carbonyl (C=O) groups is 1. The second-order valence-electron chi connectivity index (χ2n) is 14.6. The summed E-state index contributed by atoms with van der Waals surface area (Å²) in [6.45, 7) is 12.5. The molecule has 0 aromatic carbocycles. The fraction of sp³-hybridized carbons (Fsp3) is 0.906. The number of rotatable bonds is 7. The summed E-state index contributed by atoms with van der Waals surface area (Å²) in [6, 6.07) is -0.0770. The largest absolute Gasteiger partial charge is 0.461 e. The Morgan fingerprint density at radius 1 is 1.17 bits per heavy atom. The van der Waals surface area contributed by atoms with Gasteiger partial charge in [-0.1, -0.05) is 45.3 Å². The fourth-order valence-corrected chi connectivity index (χ4v) is 9.89. The molecule has 4 aliphatic carbocycles. The lowest BCUT2D eigenvalue weighted by atomic mass is 9.47. The maximum Gasteiger partial charge on any atom is 0.323 e. The van der Waals surface area contributed by atoms with Gasteiger partial charge in [-0.05, 0) is 125 Å². The van der Waals surface area contributed by atoms with Gasteiger partial charge in [-0.25, -0.2) is 0 Å². The highest BCUT2D eigenvalue weighted by Crippen LogP contribution is 2.67. The molecule has 0 aromatic heterocycles. The van der Waals surface area contributed by atoms with Gasteiger partial charge in [0, 0.05) is 6.42 Å². The Kier molecular flexibility index (Phi) is 7.44. The Morgan fingerprint density at radius 2 is 1.97 bits per heavy atom. The number of aliphatic hydroxyl groups is 1. The molecule has 4 nitrogen and oxygen atoms in total. The van der Waals surface area contributed by atoms with Crippen LogP contribution in [0, 0.1) is 40.4 Å². The quantitative estimate of drug-likeness (QED) is 0.298.